The van der Waals surface area contributed by atoms with Gasteiger partial charge < -0.3 is 14.8 Å². The van der Waals surface area contributed by atoms with Crippen molar-refractivity contribution in [1.29, 1.82) is 0 Å². The maximum absolute atomic E-state index is 5.56. The number of methoxy groups -OCH3 is 1. The molecule has 0 aromatic carbocycles. The molecule has 2 rings (SSSR count). The van der Waals surface area contributed by atoms with Gasteiger partial charge in [0.25, 0.3) is 0 Å². The van der Waals surface area contributed by atoms with E-state index in [4.69, 9.17) is 9.47 Å². The van der Waals surface area contributed by atoms with Crippen LogP contribution in [-0.4, -0.2) is 35.3 Å². The molecule has 0 aliphatic carbocycles. The van der Waals surface area contributed by atoms with Crippen LogP contribution in [0.4, 0.5) is 5.82 Å². The lowest BCUT2D eigenvalue weighted by molar-refractivity contribution is 0.105. The Kier molecular flexibility index (Phi) is 2.96. The lowest BCUT2D eigenvalue weighted by atomic mass is 9.95. The highest BCUT2D eigenvalue weighted by molar-refractivity contribution is 5.40. The number of anilines is 1. The van der Waals surface area contributed by atoms with Crippen LogP contribution in [0.1, 0.15) is 20.3 Å². The molecular weight excluding hydrogens is 206 g/mol. The fraction of sp³-hybridized carbons (Fsp3) is 0.636. The van der Waals surface area contributed by atoms with Gasteiger partial charge in [0.15, 0.2) is 0 Å². The first-order chi connectivity index (χ1) is 7.64. The molecule has 0 amide bonds. The van der Waals surface area contributed by atoms with E-state index in [2.05, 4.69) is 29.1 Å². The summed E-state index contributed by atoms with van der Waals surface area (Å²) in [5, 5.41) is 3.39. The zero-order valence-corrected chi connectivity index (χ0v) is 9.86. The van der Waals surface area contributed by atoms with Gasteiger partial charge in [-0.25, -0.2) is 9.97 Å². The quantitative estimate of drug-likeness (QED) is 0.840. The van der Waals surface area contributed by atoms with Crippen LogP contribution in [0.2, 0.25) is 0 Å². The summed E-state index contributed by atoms with van der Waals surface area (Å²) >= 11 is 0. The van der Waals surface area contributed by atoms with Crippen LogP contribution in [0, 0.1) is 0 Å². The summed E-state index contributed by atoms with van der Waals surface area (Å²) in [5.41, 5.74) is -0.0701. The molecule has 88 valence electrons. The topological polar surface area (TPSA) is 56.3 Å². The summed E-state index contributed by atoms with van der Waals surface area (Å²) in [4.78, 5) is 8.14. The first-order valence-corrected chi connectivity index (χ1v) is 5.40. The fourth-order valence-corrected chi connectivity index (χ4v) is 1.81. The van der Waals surface area contributed by atoms with Crippen LogP contribution in [0.15, 0.2) is 12.4 Å². The van der Waals surface area contributed by atoms with Crippen molar-refractivity contribution in [3.05, 3.63) is 12.4 Å². The zero-order valence-electron chi connectivity index (χ0n) is 9.86. The minimum Gasteiger partial charge on any atom is -0.481 e. The van der Waals surface area contributed by atoms with E-state index in [1.807, 2.05) is 0 Å². The Bertz CT molecular complexity index is 372. The van der Waals surface area contributed by atoms with E-state index < -0.39 is 0 Å². The molecule has 1 aromatic heterocycles. The molecule has 0 radical (unpaired) electrons. The minimum absolute atomic E-state index is 0.0701. The molecule has 1 aliphatic rings. The molecule has 5 heteroatoms. The third-order valence-corrected chi connectivity index (χ3v) is 3.15. The van der Waals surface area contributed by atoms with Crippen molar-refractivity contribution in [1.82, 2.24) is 9.97 Å². The molecule has 5 nitrogen and oxygen atoms in total. The number of hydrogen-bond donors (Lipinski definition) is 1. The maximum Gasteiger partial charge on any atom is 0.218 e. The van der Waals surface area contributed by atoms with Gasteiger partial charge in [0.05, 0.1) is 18.8 Å². The van der Waals surface area contributed by atoms with Crippen LogP contribution in [0.25, 0.3) is 0 Å². The number of aromatic nitrogens is 2. The van der Waals surface area contributed by atoms with Gasteiger partial charge in [-0.1, -0.05) is 0 Å². The Labute approximate surface area is 95.2 Å². The normalized spacial score (nSPS) is 29.1. The Balaban J connectivity index is 2.13. The summed E-state index contributed by atoms with van der Waals surface area (Å²) < 4.78 is 10.6. The second-order valence-corrected chi connectivity index (χ2v) is 4.25. The van der Waals surface area contributed by atoms with Crippen molar-refractivity contribution in [2.45, 2.75) is 31.9 Å². The lowest BCUT2D eigenvalue weighted by Gasteiger charge is -2.29. The van der Waals surface area contributed by atoms with Crippen LogP contribution in [-0.2, 0) is 4.74 Å². The van der Waals surface area contributed by atoms with Crippen molar-refractivity contribution in [2.75, 3.05) is 19.0 Å². The smallest absolute Gasteiger partial charge is 0.218 e. The molecular formula is C11H17N3O2. The van der Waals surface area contributed by atoms with E-state index in [0.29, 0.717) is 5.88 Å². The largest absolute Gasteiger partial charge is 0.481 e. The maximum atomic E-state index is 5.56. The van der Waals surface area contributed by atoms with Gasteiger partial charge in [0.1, 0.15) is 12.1 Å². The number of hydrogen-bond acceptors (Lipinski definition) is 5. The first-order valence-electron chi connectivity index (χ1n) is 5.40. The molecule has 1 N–H and O–H groups in total. The molecule has 2 heterocycles. The van der Waals surface area contributed by atoms with Gasteiger partial charge in [-0.2, -0.15) is 0 Å². The third kappa shape index (κ3) is 2.09. The molecule has 0 bridgehead atoms. The molecule has 0 saturated carbocycles. The first kappa shape index (κ1) is 11.1. The third-order valence-electron chi connectivity index (χ3n) is 3.15. The van der Waals surface area contributed by atoms with Gasteiger partial charge in [-0.15, -0.1) is 0 Å². The summed E-state index contributed by atoms with van der Waals surface area (Å²) in [7, 11) is 1.59. The SMILES string of the molecule is COc1cc(NC2(C)CCOC2C)ncn1. The van der Waals surface area contributed by atoms with Gasteiger partial charge in [0, 0.05) is 12.7 Å². The highest BCUT2D eigenvalue weighted by Crippen LogP contribution is 2.29. The Hall–Kier alpha value is -1.36. The van der Waals surface area contributed by atoms with Crippen LogP contribution in [0.5, 0.6) is 5.88 Å². The summed E-state index contributed by atoms with van der Waals surface area (Å²) in [6, 6.07) is 1.79. The Morgan fingerprint density at radius 1 is 1.56 bits per heavy atom. The van der Waals surface area contributed by atoms with E-state index >= 15 is 0 Å². The molecule has 1 fully saturated rings. The summed E-state index contributed by atoms with van der Waals surface area (Å²) in [5.74, 6) is 1.33. The van der Waals surface area contributed by atoms with Crippen molar-refractivity contribution < 1.29 is 9.47 Å². The lowest BCUT2D eigenvalue weighted by Crippen LogP contribution is -2.41. The molecule has 0 spiro atoms. The van der Waals surface area contributed by atoms with E-state index in [-0.39, 0.29) is 11.6 Å². The predicted octanol–water partition coefficient (Wildman–Crippen LogP) is 1.46. The van der Waals surface area contributed by atoms with Gasteiger partial charge in [-0.05, 0) is 20.3 Å². The monoisotopic (exact) mass is 223 g/mol. The average Bonchev–Trinajstić information content (AvgIpc) is 2.59. The summed E-state index contributed by atoms with van der Waals surface area (Å²) in [6.07, 6.45) is 2.64. The van der Waals surface area contributed by atoms with E-state index in [1.165, 1.54) is 6.33 Å². The average molecular weight is 223 g/mol. The van der Waals surface area contributed by atoms with Gasteiger partial charge in [-0.3, -0.25) is 0 Å². The van der Waals surface area contributed by atoms with Crippen LogP contribution < -0.4 is 10.1 Å². The van der Waals surface area contributed by atoms with E-state index in [0.717, 1.165) is 18.8 Å². The molecule has 1 aromatic rings. The second-order valence-electron chi connectivity index (χ2n) is 4.25. The molecule has 1 aliphatic heterocycles. The zero-order chi connectivity index (χ0) is 11.6. The standard InChI is InChI=1S/C11H17N3O2/c1-8-11(2,4-5-16-8)14-9-6-10(15-3)13-7-12-9/h6-8H,4-5H2,1-3H3,(H,12,13,14). The summed E-state index contributed by atoms with van der Waals surface area (Å²) in [6.45, 7) is 4.99. The Morgan fingerprint density at radius 3 is 3.00 bits per heavy atom. The minimum atomic E-state index is -0.0701. The van der Waals surface area contributed by atoms with Crippen LogP contribution in [0.3, 0.4) is 0 Å². The number of nitrogens with zero attached hydrogens (tertiary/aromatic N) is 2. The highest BCUT2D eigenvalue weighted by atomic mass is 16.5. The molecule has 2 unspecified atom stereocenters. The van der Waals surface area contributed by atoms with Crippen molar-refractivity contribution in [3.8, 4) is 5.88 Å². The second kappa shape index (κ2) is 4.25. The number of rotatable bonds is 3. The predicted molar refractivity (Wildman–Crippen MR) is 60.6 cm³/mol. The van der Waals surface area contributed by atoms with Crippen molar-refractivity contribution in [3.63, 3.8) is 0 Å². The van der Waals surface area contributed by atoms with Crippen LogP contribution >= 0.6 is 0 Å². The highest BCUT2D eigenvalue weighted by Gasteiger charge is 2.37. The Morgan fingerprint density at radius 2 is 2.38 bits per heavy atom. The molecule has 16 heavy (non-hydrogen) atoms. The molecule has 1 saturated heterocycles. The van der Waals surface area contributed by atoms with E-state index in [9.17, 15) is 0 Å². The fourth-order valence-electron chi connectivity index (χ4n) is 1.81. The van der Waals surface area contributed by atoms with Gasteiger partial charge >= 0.3 is 0 Å². The number of nitrogens with one attached hydrogen (secondary N) is 1. The van der Waals surface area contributed by atoms with Gasteiger partial charge in [0.2, 0.25) is 5.88 Å². The number of ether oxygens (including phenoxy) is 2. The molecule has 2 atom stereocenters. The van der Waals surface area contributed by atoms with E-state index in [1.54, 1.807) is 13.2 Å². The van der Waals surface area contributed by atoms with Crippen molar-refractivity contribution in [2.24, 2.45) is 0 Å². The van der Waals surface area contributed by atoms with Crippen molar-refractivity contribution >= 4 is 5.82 Å².